The monoisotopic (exact) mass is 802 g/mol. The number of halogens is 4. The Morgan fingerprint density at radius 3 is 1.58 bits per heavy atom. The Kier molecular flexibility index (Phi) is 17.7. The third-order valence-corrected chi connectivity index (χ3v) is 15.3. The molecule has 0 aliphatic carbocycles. The third-order valence-electron chi connectivity index (χ3n) is 5.27. The SMILES string of the molecule is CCCCOP(=O)(OCCCC)C(Br)c1ccc(C(Br)(Br)P(=O)(OCCCC)OCCCC)c(Br)c1. The molecule has 1 aromatic carbocycles. The highest BCUT2D eigenvalue weighted by molar-refractivity contribution is 9.26. The van der Waals surface area contributed by atoms with Crippen molar-refractivity contribution in [1.82, 2.24) is 0 Å². The van der Waals surface area contributed by atoms with Crippen LogP contribution in [-0.2, 0) is 30.2 Å². The Morgan fingerprint density at radius 2 is 1.19 bits per heavy atom. The van der Waals surface area contributed by atoms with Gasteiger partial charge in [-0.15, -0.1) is 0 Å². The van der Waals surface area contributed by atoms with Crippen molar-refractivity contribution in [3.63, 3.8) is 0 Å². The first-order valence-corrected chi connectivity index (χ1v) is 19.1. The number of hydrogen-bond acceptors (Lipinski definition) is 6. The second-order valence-electron chi connectivity index (χ2n) is 8.40. The topological polar surface area (TPSA) is 71.1 Å². The largest absolute Gasteiger partial charge is 0.362 e. The molecule has 36 heavy (non-hydrogen) atoms. The maximum atomic E-state index is 14.0. The van der Waals surface area contributed by atoms with Crippen molar-refractivity contribution in [1.29, 1.82) is 0 Å². The Morgan fingerprint density at radius 1 is 0.778 bits per heavy atom. The van der Waals surface area contributed by atoms with Gasteiger partial charge in [-0.05, 0) is 37.3 Å². The average Bonchev–Trinajstić information content (AvgIpc) is 2.84. The van der Waals surface area contributed by atoms with Crippen LogP contribution in [0, 0.1) is 0 Å². The Bertz CT molecular complexity index is 843. The summed E-state index contributed by atoms with van der Waals surface area (Å²) in [5, 5.41) is 0. The molecular formula is C24H40Br4O6P2. The third kappa shape index (κ3) is 10.4. The van der Waals surface area contributed by atoms with Crippen molar-refractivity contribution in [2.24, 2.45) is 0 Å². The van der Waals surface area contributed by atoms with Gasteiger partial charge in [0.2, 0.25) is 2.97 Å². The molecule has 210 valence electrons. The van der Waals surface area contributed by atoms with E-state index >= 15 is 0 Å². The molecule has 1 atom stereocenters. The Balaban J connectivity index is 3.28. The lowest BCUT2D eigenvalue weighted by Gasteiger charge is -2.31. The van der Waals surface area contributed by atoms with Gasteiger partial charge >= 0.3 is 15.2 Å². The summed E-state index contributed by atoms with van der Waals surface area (Å²) >= 11 is 14.4. The molecule has 0 aromatic heterocycles. The predicted molar refractivity (Wildman–Crippen MR) is 164 cm³/mol. The van der Waals surface area contributed by atoms with Crippen LogP contribution in [0.4, 0.5) is 0 Å². The molecule has 0 radical (unpaired) electrons. The molecule has 0 saturated carbocycles. The van der Waals surface area contributed by atoms with Crippen LogP contribution in [0.5, 0.6) is 0 Å². The molecule has 0 saturated heterocycles. The zero-order valence-electron chi connectivity index (χ0n) is 21.7. The van der Waals surface area contributed by atoms with Crippen LogP contribution in [0.25, 0.3) is 0 Å². The highest BCUT2D eigenvalue weighted by Gasteiger charge is 2.50. The smallest absolute Gasteiger partial charge is 0.308 e. The van der Waals surface area contributed by atoms with Crippen LogP contribution in [0.15, 0.2) is 22.7 Å². The van der Waals surface area contributed by atoms with Gasteiger partial charge in [0.05, 0.1) is 26.4 Å². The van der Waals surface area contributed by atoms with E-state index in [1.165, 1.54) is 0 Å². The van der Waals surface area contributed by atoms with Crippen molar-refractivity contribution in [2.75, 3.05) is 26.4 Å². The number of benzene rings is 1. The van der Waals surface area contributed by atoms with Crippen LogP contribution in [0.2, 0.25) is 0 Å². The first-order valence-electron chi connectivity index (χ1n) is 12.6. The Labute approximate surface area is 251 Å². The molecule has 1 rings (SSSR count). The summed E-state index contributed by atoms with van der Waals surface area (Å²) in [6.45, 7) is 9.57. The van der Waals surface area contributed by atoms with Crippen LogP contribution in [-0.4, -0.2) is 26.4 Å². The summed E-state index contributed by atoms with van der Waals surface area (Å²) in [6.07, 6.45) is 6.83. The zero-order chi connectivity index (χ0) is 27.2. The lowest BCUT2D eigenvalue weighted by atomic mass is 10.2. The highest BCUT2D eigenvalue weighted by Crippen LogP contribution is 2.73. The van der Waals surface area contributed by atoms with Crippen LogP contribution < -0.4 is 0 Å². The summed E-state index contributed by atoms with van der Waals surface area (Å²) in [6, 6.07) is 5.45. The van der Waals surface area contributed by atoms with Gasteiger partial charge in [0.25, 0.3) is 0 Å². The summed E-state index contributed by atoms with van der Waals surface area (Å²) in [5.41, 5.74) is 1.35. The Hall–Kier alpha value is 1.44. The lowest BCUT2D eigenvalue weighted by Crippen LogP contribution is -2.17. The molecule has 0 N–H and O–H groups in total. The standard InChI is InChI=1S/C24H40Br4O6P2/c1-5-9-15-31-35(29,32-16-10-6-2)23(26)20-13-14-21(22(25)19-20)24(27,28)36(30,33-17-11-7-3)34-18-12-8-4/h13-14,19,23H,5-12,15-18H2,1-4H3. The van der Waals surface area contributed by atoms with E-state index in [-0.39, 0.29) is 0 Å². The van der Waals surface area contributed by atoms with Crippen molar-refractivity contribution in [2.45, 2.75) is 86.6 Å². The number of unbranched alkanes of at least 4 members (excludes halogenated alkanes) is 4. The first kappa shape index (κ1) is 35.5. The van der Waals surface area contributed by atoms with Crippen molar-refractivity contribution < 1.29 is 27.2 Å². The van der Waals surface area contributed by atoms with Gasteiger partial charge in [-0.2, -0.15) is 0 Å². The van der Waals surface area contributed by atoms with Gasteiger partial charge in [0.1, 0.15) is 4.57 Å². The summed E-state index contributed by atoms with van der Waals surface area (Å²) < 4.78 is 49.7. The quantitative estimate of drug-likeness (QED) is 0.0743. The van der Waals surface area contributed by atoms with E-state index in [1.807, 2.05) is 26.0 Å². The maximum Gasteiger partial charge on any atom is 0.362 e. The molecule has 0 spiro atoms. The molecule has 0 bridgehead atoms. The molecule has 0 aliphatic heterocycles. The molecule has 6 nitrogen and oxygen atoms in total. The predicted octanol–water partition coefficient (Wildman–Crippen LogP) is 11.4. The summed E-state index contributed by atoms with van der Waals surface area (Å²) in [7, 11) is -7.12. The molecule has 1 unspecified atom stereocenters. The van der Waals surface area contributed by atoms with Gasteiger partial charge in [-0.3, -0.25) is 9.13 Å². The maximum absolute atomic E-state index is 14.0. The molecule has 0 heterocycles. The van der Waals surface area contributed by atoms with E-state index in [4.69, 9.17) is 18.1 Å². The van der Waals surface area contributed by atoms with Gasteiger partial charge in [0, 0.05) is 10.0 Å². The highest BCUT2D eigenvalue weighted by atomic mass is 79.9. The summed E-state index contributed by atoms with van der Waals surface area (Å²) in [4.78, 5) is 0. The van der Waals surface area contributed by atoms with E-state index in [1.54, 1.807) is 6.07 Å². The zero-order valence-corrected chi connectivity index (χ0v) is 29.8. The number of hydrogen-bond donors (Lipinski definition) is 0. The second kappa shape index (κ2) is 18.0. The number of rotatable bonds is 20. The fourth-order valence-electron chi connectivity index (χ4n) is 2.95. The normalized spacial score (nSPS) is 13.8. The molecule has 0 aliphatic rings. The van der Waals surface area contributed by atoms with E-state index in [9.17, 15) is 9.13 Å². The summed E-state index contributed by atoms with van der Waals surface area (Å²) in [5.74, 6) is 0. The van der Waals surface area contributed by atoms with E-state index in [0.29, 0.717) is 42.0 Å². The minimum absolute atomic E-state index is 0.325. The van der Waals surface area contributed by atoms with Gasteiger partial charge < -0.3 is 18.1 Å². The van der Waals surface area contributed by atoms with Gasteiger partial charge in [-0.25, -0.2) is 0 Å². The van der Waals surface area contributed by atoms with Crippen molar-refractivity contribution in [3.8, 4) is 0 Å². The minimum atomic E-state index is -3.65. The molecular weight excluding hydrogens is 766 g/mol. The molecule has 0 amide bonds. The van der Waals surface area contributed by atoms with Crippen LogP contribution in [0.3, 0.4) is 0 Å². The van der Waals surface area contributed by atoms with Gasteiger partial charge in [-0.1, -0.05) is 129 Å². The van der Waals surface area contributed by atoms with E-state index < -0.39 is 22.7 Å². The average molecular weight is 806 g/mol. The van der Waals surface area contributed by atoms with Crippen LogP contribution in [0.1, 0.15) is 94.8 Å². The number of alkyl halides is 3. The van der Waals surface area contributed by atoms with E-state index in [2.05, 4.69) is 77.6 Å². The molecule has 1 aromatic rings. The first-order chi connectivity index (χ1) is 17.0. The van der Waals surface area contributed by atoms with Gasteiger partial charge in [0.15, 0.2) is 0 Å². The second-order valence-corrected chi connectivity index (χ2v) is 19.8. The van der Waals surface area contributed by atoms with Crippen molar-refractivity contribution in [3.05, 3.63) is 33.8 Å². The minimum Gasteiger partial charge on any atom is -0.308 e. The van der Waals surface area contributed by atoms with E-state index in [0.717, 1.165) is 51.4 Å². The molecule has 0 fully saturated rings. The molecule has 12 heteroatoms. The lowest BCUT2D eigenvalue weighted by molar-refractivity contribution is 0.196. The van der Waals surface area contributed by atoms with Crippen molar-refractivity contribution >= 4 is 78.9 Å². The fraction of sp³-hybridized carbons (Fsp3) is 0.750. The van der Waals surface area contributed by atoms with Crippen LogP contribution >= 0.6 is 78.9 Å². The fourth-order valence-corrected chi connectivity index (χ4v) is 10.5.